The van der Waals surface area contributed by atoms with Crippen molar-refractivity contribution in [2.75, 3.05) is 13.7 Å². The summed E-state index contributed by atoms with van der Waals surface area (Å²) in [6.07, 6.45) is 10.1. The van der Waals surface area contributed by atoms with Crippen molar-refractivity contribution in [1.82, 2.24) is 10.6 Å². The van der Waals surface area contributed by atoms with E-state index in [1.54, 1.807) is 0 Å². The third-order valence-corrected chi connectivity index (χ3v) is 6.81. The van der Waals surface area contributed by atoms with Gasteiger partial charge in [0.1, 0.15) is 0 Å². The number of ether oxygens (including phenoxy) is 1. The minimum absolute atomic E-state index is 0.123. The molecule has 4 fully saturated rings. The summed E-state index contributed by atoms with van der Waals surface area (Å²) in [5.74, 6) is 1.65. The maximum absolute atomic E-state index is 9.29. The molecule has 5 nitrogen and oxygen atoms in total. The second-order valence-corrected chi connectivity index (χ2v) is 7.80. The Morgan fingerprint density at radius 1 is 1.17 bits per heavy atom. The first-order valence-electron chi connectivity index (χ1n) is 9.29. The molecule has 126 valence electrons. The van der Waals surface area contributed by atoms with Crippen LogP contribution in [-0.4, -0.2) is 37.8 Å². The molecule has 0 aromatic carbocycles. The summed E-state index contributed by atoms with van der Waals surface area (Å²) in [6, 6.07) is 3.19. The fraction of sp³-hybridized carbons (Fsp3) is 0.889. The van der Waals surface area contributed by atoms with Gasteiger partial charge >= 0.3 is 0 Å². The second-order valence-electron chi connectivity index (χ2n) is 7.80. The van der Waals surface area contributed by atoms with Crippen LogP contribution in [-0.2, 0) is 4.74 Å². The highest BCUT2D eigenvalue weighted by atomic mass is 16.5. The molecule has 1 heterocycles. The Bertz CT molecular complexity index is 520. The molecule has 1 aliphatic heterocycles. The lowest BCUT2D eigenvalue weighted by Gasteiger charge is -2.57. The molecule has 0 aromatic heterocycles. The van der Waals surface area contributed by atoms with Crippen LogP contribution in [0.3, 0.4) is 0 Å². The van der Waals surface area contributed by atoms with Crippen molar-refractivity contribution in [3.05, 3.63) is 0 Å². The van der Waals surface area contributed by atoms with Crippen LogP contribution in [0.1, 0.15) is 51.4 Å². The van der Waals surface area contributed by atoms with Crippen molar-refractivity contribution in [3.63, 3.8) is 0 Å². The van der Waals surface area contributed by atoms with Crippen molar-refractivity contribution in [1.29, 1.82) is 5.26 Å². The molecule has 0 radical (unpaired) electrons. The third-order valence-electron chi connectivity index (χ3n) is 6.81. The Kier molecular flexibility index (Phi) is 3.96. The van der Waals surface area contributed by atoms with Crippen LogP contribution >= 0.6 is 0 Å². The topological polar surface area (TPSA) is 69.4 Å². The van der Waals surface area contributed by atoms with Crippen LogP contribution in [0.4, 0.5) is 0 Å². The molecule has 5 heteroatoms. The lowest BCUT2D eigenvalue weighted by Crippen LogP contribution is -2.69. The Balaban J connectivity index is 1.44. The van der Waals surface area contributed by atoms with E-state index in [0.29, 0.717) is 23.5 Å². The lowest BCUT2D eigenvalue weighted by atomic mass is 9.54. The van der Waals surface area contributed by atoms with E-state index in [1.807, 2.05) is 7.05 Å². The molecule has 0 aromatic rings. The Hall–Kier alpha value is -1.28. The molecule has 4 aliphatic rings. The van der Waals surface area contributed by atoms with E-state index >= 15 is 0 Å². The predicted octanol–water partition coefficient (Wildman–Crippen LogP) is 2.19. The molecule has 0 amide bonds. The van der Waals surface area contributed by atoms with Crippen molar-refractivity contribution in [2.45, 2.75) is 69.6 Å². The van der Waals surface area contributed by atoms with Gasteiger partial charge in [0.15, 0.2) is 5.96 Å². The normalized spacial score (nSPS) is 41.4. The third kappa shape index (κ3) is 2.34. The first kappa shape index (κ1) is 15.3. The predicted molar refractivity (Wildman–Crippen MR) is 88.9 cm³/mol. The van der Waals surface area contributed by atoms with Gasteiger partial charge in [-0.25, -0.2) is 0 Å². The number of nitrogens with one attached hydrogen (secondary N) is 2. The van der Waals surface area contributed by atoms with Gasteiger partial charge in [0, 0.05) is 37.1 Å². The summed E-state index contributed by atoms with van der Waals surface area (Å²) < 4.78 is 6.06. The zero-order valence-corrected chi connectivity index (χ0v) is 14.1. The van der Waals surface area contributed by atoms with Gasteiger partial charge in [0.05, 0.1) is 18.1 Å². The first-order valence-corrected chi connectivity index (χ1v) is 9.29. The maximum atomic E-state index is 9.29. The van der Waals surface area contributed by atoms with Crippen LogP contribution in [0.5, 0.6) is 0 Å². The fourth-order valence-electron chi connectivity index (χ4n) is 5.69. The van der Waals surface area contributed by atoms with E-state index in [-0.39, 0.29) is 12.0 Å². The molecular weight excluding hydrogens is 288 g/mol. The molecule has 1 saturated heterocycles. The summed E-state index contributed by atoms with van der Waals surface area (Å²) in [5, 5.41) is 16.5. The molecule has 2 N–H and O–H groups in total. The van der Waals surface area contributed by atoms with Gasteiger partial charge in [0.2, 0.25) is 0 Å². The van der Waals surface area contributed by atoms with E-state index in [9.17, 15) is 5.26 Å². The summed E-state index contributed by atoms with van der Waals surface area (Å²) in [5.41, 5.74) is 0.336. The number of rotatable bonds is 2. The van der Waals surface area contributed by atoms with Gasteiger partial charge < -0.3 is 15.4 Å². The lowest BCUT2D eigenvalue weighted by molar-refractivity contribution is -0.125. The highest BCUT2D eigenvalue weighted by molar-refractivity contribution is 5.80. The Morgan fingerprint density at radius 3 is 2.74 bits per heavy atom. The van der Waals surface area contributed by atoms with Crippen LogP contribution in [0.2, 0.25) is 0 Å². The number of nitrogens with zero attached hydrogens (tertiary/aromatic N) is 2. The van der Waals surface area contributed by atoms with Gasteiger partial charge in [0.25, 0.3) is 0 Å². The van der Waals surface area contributed by atoms with Crippen molar-refractivity contribution < 1.29 is 4.74 Å². The Morgan fingerprint density at radius 2 is 2.00 bits per heavy atom. The molecule has 3 saturated carbocycles. The minimum Gasteiger partial charge on any atom is -0.377 e. The van der Waals surface area contributed by atoms with Gasteiger partial charge in [-0.1, -0.05) is 12.8 Å². The summed E-state index contributed by atoms with van der Waals surface area (Å²) >= 11 is 0. The first-order chi connectivity index (χ1) is 11.3. The standard InChI is InChI=1S/C18H28N4O/c1-20-17(21-14-6-4-5-12(14)11-19)22-15-13-7-10-23-16(13)18(15)8-2-3-9-18/h12-16H,2-10H2,1H3,(H2,20,21,22). The van der Waals surface area contributed by atoms with Crippen LogP contribution in [0.25, 0.3) is 0 Å². The maximum Gasteiger partial charge on any atom is 0.191 e. The zero-order valence-electron chi connectivity index (χ0n) is 14.1. The summed E-state index contributed by atoms with van der Waals surface area (Å²) in [4.78, 5) is 4.46. The van der Waals surface area contributed by atoms with E-state index in [4.69, 9.17) is 4.74 Å². The molecule has 4 rings (SSSR count). The van der Waals surface area contributed by atoms with E-state index in [0.717, 1.165) is 31.8 Å². The molecule has 3 aliphatic carbocycles. The van der Waals surface area contributed by atoms with Crippen molar-refractivity contribution in [2.24, 2.45) is 22.2 Å². The number of guanidine groups is 1. The molecular formula is C18H28N4O. The number of hydrogen-bond donors (Lipinski definition) is 2. The highest BCUT2D eigenvalue weighted by Crippen LogP contribution is 2.60. The minimum atomic E-state index is 0.123. The van der Waals surface area contributed by atoms with E-state index < -0.39 is 0 Å². The molecule has 0 bridgehead atoms. The molecule has 5 atom stereocenters. The second kappa shape index (κ2) is 5.98. The highest BCUT2D eigenvalue weighted by Gasteiger charge is 2.65. The van der Waals surface area contributed by atoms with Crippen LogP contribution in [0.15, 0.2) is 4.99 Å². The molecule has 5 unspecified atom stereocenters. The average molecular weight is 316 g/mol. The number of fused-ring (bicyclic) bond motifs is 2. The summed E-state index contributed by atoms with van der Waals surface area (Å²) in [7, 11) is 1.84. The molecule has 1 spiro atoms. The van der Waals surface area contributed by atoms with Gasteiger partial charge in [-0.15, -0.1) is 0 Å². The number of aliphatic imine (C=N–C) groups is 1. The molecule has 23 heavy (non-hydrogen) atoms. The van der Waals surface area contributed by atoms with Gasteiger partial charge in [-0.2, -0.15) is 5.26 Å². The fourth-order valence-corrected chi connectivity index (χ4v) is 5.69. The Labute approximate surface area is 138 Å². The monoisotopic (exact) mass is 316 g/mol. The van der Waals surface area contributed by atoms with Gasteiger partial charge in [-0.05, 0) is 38.5 Å². The van der Waals surface area contributed by atoms with Gasteiger partial charge in [-0.3, -0.25) is 4.99 Å². The smallest absolute Gasteiger partial charge is 0.191 e. The zero-order chi connectivity index (χ0) is 15.9. The average Bonchev–Trinajstić information content (AvgIpc) is 3.29. The van der Waals surface area contributed by atoms with Crippen molar-refractivity contribution in [3.8, 4) is 6.07 Å². The van der Waals surface area contributed by atoms with Crippen molar-refractivity contribution >= 4 is 5.96 Å². The largest absolute Gasteiger partial charge is 0.377 e. The van der Waals surface area contributed by atoms with Crippen LogP contribution in [0, 0.1) is 28.6 Å². The quantitative estimate of drug-likeness (QED) is 0.605. The van der Waals surface area contributed by atoms with Crippen LogP contribution < -0.4 is 10.6 Å². The summed E-state index contributed by atoms with van der Waals surface area (Å²) in [6.45, 7) is 0.917. The van der Waals surface area contributed by atoms with E-state index in [1.165, 1.54) is 32.1 Å². The van der Waals surface area contributed by atoms with E-state index in [2.05, 4.69) is 21.7 Å². The SMILES string of the molecule is CN=C(NC1CCCC1C#N)NC1C2CCOC2C12CCCC2. The number of nitriles is 1. The number of hydrogen-bond acceptors (Lipinski definition) is 3.